The number of nitrogens with one attached hydrogen (secondary N) is 1. The molecule has 0 saturated heterocycles. The van der Waals surface area contributed by atoms with E-state index in [4.69, 9.17) is 9.16 Å². The number of carbonyl (C=O) groups is 2. The predicted molar refractivity (Wildman–Crippen MR) is 130 cm³/mol. The quantitative estimate of drug-likeness (QED) is 0.519. The smallest absolute Gasteiger partial charge is 0.408 e. The standard InChI is InChI=1S/C25H39NO5Si/c1-24(2,3)30-23(29)26-21(22(27)28)19-15-14-18(31-32(7,8)25(4,5)6)16-20(19)17-12-10-9-11-13-17/h9-13,16,18-19,21H,14-15H2,1-8H3,(H,26,29)(H,27,28)/t18-,19+,21+/m0/s1. The van der Waals surface area contributed by atoms with Crippen LogP contribution in [0.15, 0.2) is 36.4 Å². The van der Waals surface area contributed by atoms with Gasteiger partial charge in [-0.05, 0) is 62.9 Å². The molecule has 0 fully saturated rings. The largest absolute Gasteiger partial charge is 0.480 e. The highest BCUT2D eigenvalue weighted by atomic mass is 28.4. The van der Waals surface area contributed by atoms with Gasteiger partial charge >= 0.3 is 12.1 Å². The van der Waals surface area contributed by atoms with Crippen LogP contribution >= 0.6 is 0 Å². The van der Waals surface area contributed by atoms with Crippen LogP contribution in [0.4, 0.5) is 4.79 Å². The second-order valence-electron chi connectivity index (χ2n) is 11.1. The molecular formula is C25H39NO5Si. The van der Waals surface area contributed by atoms with Gasteiger partial charge in [0.05, 0.1) is 6.10 Å². The Bertz CT molecular complexity index is 836. The summed E-state index contributed by atoms with van der Waals surface area (Å²) in [5, 5.41) is 12.6. The van der Waals surface area contributed by atoms with Crippen LogP contribution in [0.3, 0.4) is 0 Å². The van der Waals surface area contributed by atoms with Crippen LogP contribution in [-0.2, 0) is 14.0 Å². The van der Waals surface area contributed by atoms with Gasteiger partial charge in [-0.1, -0.05) is 57.2 Å². The average molecular weight is 462 g/mol. The van der Waals surface area contributed by atoms with Crippen LogP contribution in [0.5, 0.6) is 0 Å². The van der Waals surface area contributed by atoms with Gasteiger partial charge in [0.15, 0.2) is 8.32 Å². The maximum absolute atomic E-state index is 12.4. The van der Waals surface area contributed by atoms with E-state index in [-0.39, 0.29) is 17.1 Å². The predicted octanol–water partition coefficient (Wildman–Crippen LogP) is 5.85. The molecule has 0 bridgehead atoms. The van der Waals surface area contributed by atoms with Gasteiger partial charge in [0.25, 0.3) is 0 Å². The van der Waals surface area contributed by atoms with Gasteiger partial charge in [0, 0.05) is 5.92 Å². The lowest BCUT2D eigenvalue weighted by molar-refractivity contribution is -0.140. The van der Waals surface area contributed by atoms with Crippen molar-refractivity contribution in [2.75, 3.05) is 0 Å². The first kappa shape index (κ1) is 26.1. The lowest BCUT2D eigenvalue weighted by atomic mass is 9.78. The molecule has 0 aromatic heterocycles. The molecule has 1 aliphatic carbocycles. The van der Waals surface area contributed by atoms with Crippen molar-refractivity contribution >= 4 is 26.0 Å². The fourth-order valence-corrected chi connectivity index (χ4v) is 4.91. The molecule has 6 nitrogen and oxygen atoms in total. The Kier molecular flexibility index (Phi) is 7.99. The molecule has 178 valence electrons. The first-order valence-electron chi connectivity index (χ1n) is 11.3. The van der Waals surface area contributed by atoms with Crippen molar-refractivity contribution in [3.05, 3.63) is 42.0 Å². The van der Waals surface area contributed by atoms with Crippen LogP contribution in [0, 0.1) is 5.92 Å². The molecule has 2 rings (SSSR count). The monoisotopic (exact) mass is 461 g/mol. The van der Waals surface area contributed by atoms with Crippen LogP contribution < -0.4 is 5.32 Å². The summed E-state index contributed by atoms with van der Waals surface area (Å²) in [4.78, 5) is 24.6. The van der Waals surface area contributed by atoms with Gasteiger partial charge < -0.3 is 19.6 Å². The van der Waals surface area contributed by atoms with E-state index in [1.807, 2.05) is 30.3 Å². The third-order valence-corrected chi connectivity index (χ3v) is 10.7. The molecule has 0 saturated carbocycles. The third kappa shape index (κ3) is 6.94. The van der Waals surface area contributed by atoms with Crippen LogP contribution in [-0.4, -0.2) is 43.2 Å². The van der Waals surface area contributed by atoms with Crippen molar-refractivity contribution in [2.45, 2.75) is 90.3 Å². The Morgan fingerprint density at radius 1 is 1.06 bits per heavy atom. The van der Waals surface area contributed by atoms with Gasteiger partial charge in [0.2, 0.25) is 0 Å². The minimum absolute atomic E-state index is 0.0759. The SMILES string of the molecule is CC(C)(C)OC(=O)N[C@@H](C(=O)O)[C@@H]1CC[C@H](O[Si](C)(C)C(C)(C)C)C=C1c1ccccc1. The maximum atomic E-state index is 12.4. The minimum atomic E-state index is -2.00. The zero-order chi connectivity index (χ0) is 24.3. The maximum Gasteiger partial charge on any atom is 0.408 e. The molecule has 1 amide bonds. The molecule has 1 aliphatic rings. The van der Waals surface area contributed by atoms with Crippen molar-refractivity contribution in [1.82, 2.24) is 5.32 Å². The number of aliphatic carboxylic acids is 1. The van der Waals surface area contributed by atoms with E-state index >= 15 is 0 Å². The fourth-order valence-electron chi connectivity index (χ4n) is 3.61. The second-order valence-corrected chi connectivity index (χ2v) is 15.8. The van der Waals surface area contributed by atoms with Crippen LogP contribution in [0.2, 0.25) is 18.1 Å². The molecule has 32 heavy (non-hydrogen) atoms. The summed E-state index contributed by atoms with van der Waals surface area (Å²) in [6.07, 6.45) is 2.55. The number of rotatable bonds is 6. The molecular weight excluding hydrogens is 422 g/mol. The molecule has 1 aromatic rings. The molecule has 0 spiro atoms. The third-order valence-electron chi connectivity index (χ3n) is 6.23. The molecule has 0 aliphatic heterocycles. The van der Waals surface area contributed by atoms with E-state index in [0.29, 0.717) is 12.8 Å². The molecule has 0 radical (unpaired) electrons. The van der Waals surface area contributed by atoms with Gasteiger partial charge in [0.1, 0.15) is 11.6 Å². The van der Waals surface area contributed by atoms with Crippen molar-refractivity contribution in [3.63, 3.8) is 0 Å². The number of amides is 1. The Morgan fingerprint density at radius 2 is 1.66 bits per heavy atom. The van der Waals surface area contributed by atoms with Gasteiger partial charge in [-0.3, -0.25) is 0 Å². The van der Waals surface area contributed by atoms with Gasteiger partial charge in [-0.2, -0.15) is 0 Å². The summed E-state index contributed by atoms with van der Waals surface area (Å²) in [7, 11) is -2.00. The van der Waals surface area contributed by atoms with Crippen molar-refractivity contribution in [3.8, 4) is 0 Å². The number of hydrogen-bond acceptors (Lipinski definition) is 4. The van der Waals surface area contributed by atoms with E-state index in [1.165, 1.54) is 0 Å². The lowest BCUT2D eigenvalue weighted by Gasteiger charge is -2.41. The van der Waals surface area contributed by atoms with Crippen molar-refractivity contribution in [2.24, 2.45) is 5.92 Å². The number of alkyl carbamates (subject to hydrolysis) is 1. The van der Waals surface area contributed by atoms with E-state index in [0.717, 1.165) is 11.1 Å². The van der Waals surface area contributed by atoms with Crippen LogP contribution in [0.25, 0.3) is 5.57 Å². The zero-order valence-electron chi connectivity index (χ0n) is 20.7. The fraction of sp³-hybridized carbons (Fsp3) is 0.600. The molecule has 0 unspecified atom stereocenters. The number of hydrogen-bond donors (Lipinski definition) is 2. The first-order chi connectivity index (χ1) is 14.6. The Balaban J connectivity index is 2.38. The summed E-state index contributed by atoms with van der Waals surface area (Å²) in [5.41, 5.74) is 1.13. The number of benzene rings is 1. The summed E-state index contributed by atoms with van der Waals surface area (Å²) in [6, 6.07) is 8.65. The van der Waals surface area contributed by atoms with Crippen molar-refractivity contribution in [1.29, 1.82) is 0 Å². The van der Waals surface area contributed by atoms with E-state index < -0.39 is 32.0 Å². The summed E-state index contributed by atoms with van der Waals surface area (Å²) in [5.74, 6) is -1.46. The molecule has 1 aromatic carbocycles. The van der Waals surface area contributed by atoms with E-state index in [2.05, 4.69) is 45.3 Å². The first-order valence-corrected chi connectivity index (χ1v) is 14.2. The van der Waals surface area contributed by atoms with Gasteiger partial charge in [-0.15, -0.1) is 0 Å². The number of carboxylic acid groups (broad SMARTS) is 1. The van der Waals surface area contributed by atoms with E-state index in [9.17, 15) is 14.7 Å². The highest BCUT2D eigenvalue weighted by Gasteiger charge is 2.42. The Labute approximate surface area is 193 Å². The Hall–Kier alpha value is -2.12. The zero-order valence-corrected chi connectivity index (χ0v) is 21.7. The highest BCUT2D eigenvalue weighted by Crippen LogP contribution is 2.41. The minimum Gasteiger partial charge on any atom is -0.480 e. The number of carbonyl (C=O) groups excluding carboxylic acids is 1. The van der Waals surface area contributed by atoms with Crippen molar-refractivity contribution < 1.29 is 23.9 Å². The topological polar surface area (TPSA) is 84.9 Å². The lowest BCUT2D eigenvalue weighted by Crippen LogP contribution is -2.49. The van der Waals surface area contributed by atoms with Crippen LogP contribution in [0.1, 0.15) is 59.9 Å². The highest BCUT2D eigenvalue weighted by molar-refractivity contribution is 6.74. The van der Waals surface area contributed by atoms with Gasteiger partial charge in [-0.25, -0.2) is 9.59 Å². The molecule has 2 N–H and O–H groups in total. The molecule has 0 heterocycles. The average Bonchev–Trinajstić information content (AvgIpc) is 2.64. The van der Waals surface area contributed by atoms with E-state index in [1.54, 1.807) is 20.8 Å². The molecule has 3 atom stereocenters. The number of carboxylic acids is 1. The normalized spacial score (nSPS) is 20.8. The molecule has 7 heteroatoms. The second kappa shape index (κ2) is 9.79. The summed E-state index contributed by atoms with van der Waals surface area (Å²) < 4.78 is 12.0. The summed E-state index contributed by atoms with van der Waals surface area (Å²) in [6.45, 7) is 16.3. The summed E-state index contributed by atoms with van der Waals surface area (Å²) >= 11 is 0. The Morgan fingerprint density at radius 3 is 2.16 bits per heavy atom. The number of ether oxygens (including phenoxy) is 1.